The van der Waals surface area contributed by atoms with Crippen LogP contribution >= 0.6 is 34.8 Å². The molecule has 0 spiro atoms. The summed E-state index contributed by atoms with van der Waals surface area (Å²) in [5.74, 6) is -0.264. The first-order chi connectivity index (χ1) is 12.3. The van der Waals surface area contributed by atoms with Crippen molar-refractivity contribution in [1.29, 1.82) is 0 Å². The number of amides is 1. The normalized spacial score (nSPS) is 14.5. The summed E-state index contributed by atoms with van der Waals surface area (Å²) < 4.78 is 27.9. The van der Waals surface area contributed by atoms with E-state index < -0.39 is 10.0 Å². The van der Waals surface area contributed by atoms with Crippen molar-refractivity contribution in [2.24, 2.45) is 0 Å². The first-order valence-corrected chi connectivity index (χ1v) is 10.5. The summed E-state index contributed by atoms with van der Waals surface area (Å²) >= 11 is 17.9. The van der Waals surface area contributed by atoms with E-state index in [9.17, 15) is 13.2 Å². The van der Waals surface area contributed by atoms with Crippen molar-refractivity contribution in [2.45, 2.75) is 17.7 Å². The Kier molecular flexibility index (Phi) is 5.67. The van der Waals surface area contributed by atoms with E-state index in [1.54, 1.807) is 4.90 Å². The van der Waals surface area contributed by atoms with Gasteiger partial charge < -0.3 is 4.90 Å². The van der Waals surface area contributed by atoms with Crippen LogP contribution in [-0.4, -0.2) is 32.3 Å². The van der Waals surface area contributed by atoms with Gasteiger partial charge in [0.2, 0.25) is 0 Å². The molecule has 0 unspecified atom stereocenters. The van der Waals surface area contributed by atoms with Gasteiger partial charge in [-0.05, 0) is 49.2 Å². The van der Waals surface area contributed by atoms with E-state index in [4.69, 9.17) is 34.8 Å². The number of anilines is 1. The van der Waals surface area contributed by atoms with Crippen LogP contribution in [0.4, 0.5) is 5.69 Å². The van der Waals surface area contributed by atoms with Gasteiger partial charge in [0, 0.05) is 23.1 Å². The number of halogens is 3. The van der Waals surface area contributed by atoms with Crippen LogP contribution < -0.4 is 4.72 Å². The number of carbonyl (C=O) groups is 1. The van der Waals surface area contributed by atoms with Gasteiger partial charge in [0.1, 0.15) is 4.90 Å². The van der Waals surface area contributed by atoms with E-state index in [-0.39, 0.29) is 32.1 Å². The summed E-state index contributed by atoms with van der Waals surface area (Å²) in [6.45, 7) is 1.27. The second-order valence-electron chi connectivity index (χ2n) is 5.87. The van der Waals surface area contributed by atoms with E-state index in [1.165, 1.54) is 36.4 Å². The summed E-state index contributed by atoms with van der Waals surface area (Å²) in [6, 6.07) is 8.58. The molecule has 9 heteroatoms. The molecular formula is C17H15Cl3N2O3S. The van der Waals surface area contributed by atoms with Crippen LogP contribution in [0.15, 0.2) is 41.3 Å². The molecule has 0 aliphatic carbocycles. The number of sulfonamides is 1. The summed E-state index contributed by atoms with van der Waals surface area (Å²) in [6.07, 6.45) is 1.84. The number of hydrogen-bond donors (Lipinski definition) is 1. The highest BCUT2D eigenvalue weighted by atomic mass is 35.5. The molecule has 1 aliphatic heterocycles. The number of benzene rings is 2. The Labute approximate surface area is 166 Å². The molecule has 0 saturated carbocycles. The van der Waals surface area contributed by atoms with E-state index in [2.05, 4.69) is 4.72 Å². The van der Waals surface area contributed by atoms with Gasteiger partial charge in [0.25, 0.3) is 15.9 Å². The average Bonchev–Trinajstić information content (AvgIpc) is 3.12. The van der Waals surface area contributed by atoms with Gasteiger partial charge in [0.15, 0.2) is 0 Å². The molecule has 5 nitrogen and oxygen atoms in total. The van der Waals surface area contributed by atoms with Crippen LogP contribution in [0.5, 0.6) is 0 Å². The molecule has 0 bridgehead atoms. The standard InChI is InChI=1S/C17H15Cl3N2O3S/c18-11-4-6-15(13(9-11)17(23)22-7-1-2-8-22)21-26(24,25)16-10-12(19)3-5-14(16)20/h3-6,9-10,21H,1-2,7-8H2. The topological polar surface area (TPSA) is 66.5 Å². The lowest BCUT2D eigenvalue weighted by Gasteiger charge is -2.19. The third kappa shape index (κ3) is 4.09. The van der Waals surface area contributed by atoms with Crippen molar-refractivity contribution in [3.8, 4) is 0 Å². The molecule has 3 rings (SSSR count). The van der Waals surface area contributed by atoms with Gasteiger partial charge in [0.05, 0.1) is 16.3 Å². The lowest BCUT2D eigenvalue weighted by molar-refractivity contribution is 0.0794. The molecule has 0 aromatic heterocycles. The van der Waals surface area contributed by atoms with Crippen LogP contribution in [0.25, 0.3) is 0 Å². The monoisotopic (exact) mass is 432 g/mol. The zero-order valence-corrected chi connectivity index (χ0v) is 16.6. The van der Waals surface area contributed by atoms with Crippen molar-refractivity contribution in [3.05, 3.63) is 57.0 Å². The second kappa shape index (κ2) is 7.64. The molecule has 2 aromatic carbocycles. The minimum atomic E-state index is -4.04. The molecule has 2 aromatic rings. The highest BCUT2D eigenvalue weighted by Gasteiger charge is 2.25. The maximum Gasteiger partial charge on any atom is 0.263 e. The van der Waals surface area contributed by atoms with Crippen LogP contribution in [0, 0.1) is 0 Å². The first kappa shape index (κ1) is 19.3. The lowest BCUT2D eigenvalue weighted by atomic mass is 10.1. The van der Waals surface area contributed by atoms with Crippen LogP contribution in [0.1, 0.15) is 23.2 Å². The Morgan fingerprint density at radius 3 is 2.27 bits per heavy atom. The molecule has 1 heterocycles. The van der Waals surface area contributed by atoms with Crippen molar-refractivity contribution in [2.75, 3.05) is 17.8 Å². The van der Waals surface area contributed by atoms with E-state index >= 15 is 0 Å². The smallest absolute Gasteiger partial charge is 0.263 e. The number of hydrogen-bond acceptors (Lipinski definition) is 3. The average molecular weight is 434 g/mol. The van der Waals surface area contributed by atoms with Crippen molar-refractivity contribution in [1.82, 2.24) is 4.90 Å². The zero-order chi connectivity index (χ0) is 18.9. The third-order valence-electron chi connectivity index (χ3n) is 4.03. The maximum absolute atomic E-state index is 12.7. The molecule has 1 aliphatic rings. The number of nitrogens with zero attached hydrogens (tertiary/aromatic N) is 1. The summed E-state index contributed by atoms with van der Waals surface area (Å²) in [5.41, 5.74) is 0.337. The summed E-state index contributed by atoms with van der Waals surface area (Å²) in [7, 11) is -4.04. The molecule has 1 amide bonds. The second-order valence-corrected chi connectivity index (χ2v) is 8.80. The van der Waals surface area contributed by atoms with Crippen molar-refractivity contribution in [3.63, 3.8) is 0 Å². The molecule has 1 N–H and O–H groups in total. The van der Waals surface area contributed by atoms with Crippen LogP contribution in [0.3, 0.4) is 0 Å². The van der Waals surface area contributed by atoms with Crippen molar-refractivity contribution < 1.29 is 13.2 Å². The van der Waals surface area contributed by atoms with Gasteiger partial charge in [-0.15, -0.1) is 0 Å². The largest absolute Gasteiger partial charge is 0.339 e. The Morgan fingerprint density at radius 2 is 1.58 bits per heavy atom. The fraction of sp³-hybridized carbons (Fsp3) is 0.235. The Morgan fingerprint density at radius 1 is 0.962 bits per heavy atom. The predicted molar refractivity (Wildman–Crippen MR) is 104 cm³/mol. The summed E-state index contributed by atoms with van der Waals surface area (Å²) in [4.78, 5) is 14.3. The number of rotatable bonds is 4. The Bertz CT molecular complexity index is 958. The summed E-state index contributed by atoms with van der Waals surface area (Å²) in [5, 5.41) is 0.610. The zero-order valence-electron chi connectivity index (χ0n) is 13.5. The number of likely N-dealkylation sites (tertiary alicyclic amines) is 1. The number of nitrogens with one attached hydrogen (secondary N) is 1. The highest BCUT2D eigenvalue weighted by molar-refractivity contribution is 7.92. The fourth-order valence-electron chi connectivity index (χ4n) is 2.76. The minimum Gasteiger partial charge on any atom is -0.339 e. The van der Waals surface area contributed by atoms with Gasteiger partial charge in [-0.1, -0.05) is 34.8 Å². The van der Waals surface area contributed by atoms with Crippen molar-refractivity contribution >= 4 is 56.4 Å². The molecule has 1 saturated heterocycles. The van der Waals surface area contributed by atoms with Gasteiger partial charge >= 0.3 is 0 Å². The Hall–Kier alpha value is -1.47. The van der Waals surface area contributed by atoms with Gasteiger partial charge in [-0.3, -0.25) is 9.52 Å². The molecule has 1 fully saturated rings. The minimum absolute atomic E-state index is 0.0308. The predicted octanol–water partition coefficient (Wildman–Crippen LogP) is 4.68. The van der Waals surface area contributed by atoms with Gasteiger partial charge in [-0.2, -0.15) is 0 Å². The third-order valence-corrected chi connectivity index (χ3v) is 6.35. The lowest BCUT2D eigenvalue weighted by Crippen LogP contribution is -2.29. The van der Waals surface area contributed by atoms with E-state index in [0.29, 0.717) is 18.1 Å². The molecule has 138 valence electrons. The SMILES string of the molecule is O=C(c1cc(Cl)ccc1NS(=O)(=O)c1cc(Cl)ccc1Cl)N1CCCC1. The molecule has 26 heavy (non-hydrogen) atoms. The van der Waals surface area contributed by atoms with E-state index in [0.717, 1.165) is 12.8 Å². The van der Waals surface area contributed by atoms with E-state index in [1.807, 2.05) is 0 Å². The Balaban J connectivity index is 1.99. The van der Waals surface area contributed by atoms with Gasteiger partial charge in [-0.25, -0.2) is 8.42 Å². The molecular weight excluding hydrogens is 419 g/mol. The maximum atomic E-state index is 12.7. The quantitative estimate of drug-likeness (QED) is 0.761. The molecule has 0 atom stereocenters. The van der Waals surface area contributed by atoms with Crippen LogP contribution in [0.2, 0.25) is 15.1 Å². The first-order valence-electron chi connectivity index (χ1n) is 7.84. The molecule has 0 radical (unpaired) electrons. The van der Waals surface area contributed by atoms with Crippen LogP contribution in [-0.2, 0) is 10.0 Å². The highest BCUT2D eigenvalue weighted by Crippen LogP contribution is 2.30. The fourth-order valence-corrected chi connectivity index (χ4v) is 4.77. The number of carbonyl (C=O) groups excluding carboxylic acids is 1.